The van der Waals surface area contributed by atoms with Crippen molar-refractivity contribution in [2.45, 2.75) is 36.4 Å². The summed E-state index contributed by atoms with van der Waals surface area (Å²) in [4.78, 5) is 24.6. The number of amides is 1. The Morgan fingerprint density at radius 1 is 1.08 bits per heavy atom. The Morgan fingerprint density at radius 2 is 1.81 bits per heavy atom. The summed E-state index contributed by atoms with van der Waals surface area (Å²) >= 11 is 1.58. The number of hydrogen-bond donors (Lipinski definition) is 1. The Morgan fingerprint density at radius 3 is 2.51 bits per heavy atom. The van der Waals surface area contributed by atoms with Gasteiger partial charge in [0.1, 0.15) is 5.82 Å². The first-order chi connectivity index (χ1) is 18.0. The zero-order valence-corrected chi connectivity index (χ0v) is 22.4. The molecule has 2 saturated heterocycles. The first-order valence-corrected chi connectivity index (χ1v) is 15.0. The molecule has 37 heavy (non-hydrogen) atoms. The minimum atomic E-state index is -3.50. The van der Waals surface area contributed by atoms with Crippen LogP contribution in [0.1, 0.15) is 30.1 Å². The van der Waals surface area contributed by atoms with E-state index in [-0.39, 0.29) is 10.8 Å². The molecule has 2 fully saturated rings. The fourth-order valence-electron chi connectivity index (χ4n) is 4.53. The van der Waals surface area contributed by atoms with Crippen LogP contribution in [-0.2, 0) is 21.3 Å². The minimum Gasteiger partial charge on any atom is -0.378 e. The van der Waals surface area contributed by atoms with Crippen LogP contribution in [0.3, 0.4) is 0 Å². The van der Waals surface area contributed by atoms with Crippen molar-refractivity contribution in [3.8, 4) is 0 Å². The Kier molecular flexibility index (Phi) is 7.93. The van der Waals surface area contributed by atoms with Gasteiger partial charge in [0.15, 0.2) is 10.8 Å². The van der Waals surface area contributed by atoms with Gasteiger partial charge in [0.25, 0.3) is 5.91 Å². The van der Waals surface area contributed by atoms with Gasteiger partial charge in [-0.1, -0.05) is 18.7 Å². The van der Waals surface area contributed by atoms with Gasteiger partial charge in [-0.2, -0.15) is 9.40 Å². The summed E-state index contributed by atoms with van der Waals surface area (Å²) in [6.45, 7) is 6.79. The molecule has 3 aromatic rings. The van der Waals surface area contributed by atoms with E-state index >= 15 is 0 Å². The summed E-state index contributed by atoms with van der Waals surface area (Å²) in [7, 11) is -3.50. The molecule has 2 aliphatic rings. The average molecular weight is 546 g/mol. The van der Waals surface area contributed by atoms with Crippen molar-refractivity contribution >= 4 is 44.5 Å². The third-order valence-corrected chi connectivity index (χ3v) is 9.11. The van der Waals surface area contributed by atoms with Crippen LogP contribution < -0.4 is 10.2 Å². The molecule has 0 aliphatic carbocycles. The van der Waals surface area contributed by atoms with E-state index in [0.29, 0.717) is 50.1 Å². The van der Waals surface area contributed by atoms with Crippen molar-refractivity contribution in [2.75, 3.05) is 56.6 Å². The van der Waals surface area contributed by atoms with Gasteiger partial charge >= 0.3 is 0 Å². The maximum absolute atomic E-state index is 12.7. The van der Waals surface area contributed by atoms with Gasteiger partial charge in [-0.25, -0.2) is 23.1 Å². The largest absolute Gasteiger partial charge is 0.378 e. The molecular formula is C24H31N7O4S2. The molecule has 2 aromatic heterocycles. The standard InChI is InChI=1S/C24H31N7O4S2/c1-2-36-24-27-21(29-13-15-35-16-14-29)20-17-26-31(22(20)28-24)12-9-25-23(32)18-5-7-19(8-6-18)37(33,34)30-10-3-4-11-30/h5-8,17H,2-4,9-16H2,1H3,(H,25,32). The number of hydrogen-bond acceptors (Lipinski definition) is 9. The van der Waals surface area contributed by atoms with Crippen molar-refractivity contribution in [3.63, 3.8) is 0 Å². The molecule has 1 aromatic carbocycles. The van der Waals surface area contributed by atoms with E-state index in [1.165, 1.54) is 16.4 Å². The van der Waals surface area contributed by atoms with Crippen LogP contribution in [-0.4, -0.2) is 90.1 Å². The smallest absolute Gasteiger partial charge is 0.251 e. The zero-order valence-electron chi connectivity index (χ0n) is 20.8. The number of carbonyl (C=O) groups excluding carboxylic acids is 1. The number of sulfonamides is 1. The van der Waals surface area contributed by atoms with Gasteiger partial charge in [-0.3, -0.25) is 4.79 Å². The van der Waals surface area contributed by atoms with Crippen LogP contribution in [0.25, 0.3) is 11.0 Å². The van der Waals surface area contributed by atoms with Crippen LogP contribution in [0.15, 0.2) is 40.5 Å². The SMILES string of the molecule is CCSc1nc(N2CCOCC2)c2cnn(CCNC(=O)c3ccc(S(=O)(=O)N4CCCC4)cc3)c2n1. The van der Waals surface area contributed by atoms with E-state index < -0.39 is 10.0 Å². The lowest BCUT2D eigenvalue weighted by Gasteiger charge is -2.28. The highest BCUT2D eigenvalue weighted by molar-refractivity contribution is 7.99. The monoisotopic (exact) mass is 545 g/mol. The molecule has 0 atom stereocenters. The predicted octanol–water partition coefficient (Wildman–Crippen LogP) is 1.99. The third-order valence-electron chi connectivity index (χ3n) is 6.47. The minimum absolute atomic E-state index is 0.213. The molecule has 13 heteroatoms. The summed E-state index contributed by atoms with van der Waals surface area (Å²) < 4.78 is 34.2. The molecule has 1 amide bonds. The van der Waals surface area contributed by atoms with Gasteiger partial charge < -0.3 is 15.0 Å². The molecular weight excluding hydrogens is 514 g/mol. The molecule has 4 heterocycles. The highest BCUT2D eigenvalue weighted by Crippen LogP contribution is 2.28. The van der Waals surface area contributed by atoms with Crippen LogP contribution in [0.2, 0.25) is 0 Å². The first-order valence-electron chi connectivity index (χ1n) is 12.5. The number of fused-ring (bicyclic) bond motifs is 1. The van der Waals surface area contributed by atoms with Crippen LogP contribution in [0.4, 0.5) is 5.82 Å². The Balaban J connectivity index is 1.26. The van der Waals surface area contributed by atoms with E-state index in [0.717, 1.165) is 48.5 Å². The highest BCUT2D eigenvalue weighted by atomic mass is 32.2. The number of nitrogens with one attached hydrogen (secondary N) is 1. The third kappa shape index (κ3) is 5.59. The number of morpholine rings is 1. The second kappa shape index (κ2) is 11.3. The number of nitrogens with zero attached hydrogens (tertiary/aromatic N) is 6. The number of rotatable bonds is 9. The molecule has 0 saturated carbocycles. The fourth-order valence-corrected chi connectivity index (χ4v) is 6.61. The lowest BCUT2D eigenvalue weighted by molar-refractivity contribution is 0.0952. The molecule has 11 nitrogen and oxygen atoms in total. The Hall–Kier alpha value is -2.74. The topological polar surface area (TPSA) is 123 Å². The summed E-state index contributed by atoms with van der Waals surface area (Å²) in [6, 6.07) is 6.11. The van der Waals surface area contributed by atoms with Crippen molar-refractivity contribution in [3.05, 3.63) is 36.0 Å². The van der Waals surface area contributed by atoms with Crippen LogP contribution in [0, 0.1) is 0 Å². The average Bonchev–Trinajstić information content (AvgIpc) is 3.60. The van der Waals surface area contributed by atoms with Gasteiger partial charge in [-0.05, 0) is 42.9 Å². The summed E-state index contributed by atoms with van der Waals surface area (Å²) in [5.74, 6) is 1.45. The van der Waals surface area contributed by atoms with E-state index in [2.05, 4.69) is 22.2 Å². The molecule has 198 valence electrons. The summed E-state index contributed by atoms with van der Waals surface area (Å²) in [5.41, 5.74) is 1.14. The van der Waals surface area contributed by atoms with Gasteiger partial charge in [0.05, 0.1) is 36.2 Å². The lowest BCUT2D eigenvalue weighted by atomic mass is 10.2. The van der Waals surface area contributed by atoms with Gasteiger partial charge in [0, 0.05) is 38.3 Å². The fraction of sp³-hybridized carbons (Fsp3) is 0.500. The number of carbonyl (C=O) groups is 1. The quantitative estimate of drug-likeness (QED) is 0.318. The Bertz CT molecular complexity index is 1350. The summed E-state index contributed by atoms with van der Waals surface area (Å²) in [5, 5.41) is 9.00. The Labute approximate surface area is 220 Å². The second-order valence-corrected chi connectivity index (χ2v) is 12.0. The number of aromatic nitrogens is 4. The number of benzene rings is 1. The number of anilines is 1. The molecule has 0 bridgehead atoms. The number of thioether (sulfide) groups is 1. The number of ether oxygens (including phenoxy) is 1. The van der Waals surface area contributed by atoms with Crippen molar-refractivity contribution in [1.29, 1.82) is 0 Å². The van der Waals surface area contributed by atoms with E-state index in [1.807, 2.05) is 0 Å². The van der Waals surface area contributed by atoms with Crippen molar-refractivity contribution < 1.29 is 17.9 Å². The summed E-state index contributed by atoms with van der Waals surface area (Å²) in [6.07, 6.45) is 3.54. The van der Waals surface area contributed by atoms with Crippen LogP contribution >= 0.6 is 11.8 Å². The lowest BCUT2D eigenvalue weighted by Crippen LogP contribution is -2.37. The van der Waals surface area contributed by atoms with E-state index in [9.17, 15) is 13.2 Å². The molecule has 0 unspecified atom stereocenters. The molecule has 5 rings (SSSR count). The second-order valence-electron chi connectivity index (χ2n) is 8.86. The highest BCUT2D eigenvalue weighted by Gasteiger charge is 2.27. The van der Waals surface area contributed by atoms with Crippen molar-refractivity contribution in [2.24, 2.45) is 0 Å². The molecule has 1 N–H and O–H groups in total. The predicted molar refractivity (Wildman–Crippen MR) is 142 cm³/mol. The van der Waals surface area contributed by atoms with E-state index in [1.54, 1.807) is 34.8 Å². The van der Waals surface area contributed by atoms with Gasteiger partial charge in [0.2, 0.25) is 10.0 Å². The van der Waals surface area contributed by atoms with Crippen LogP contribution in [0.5, 0.6) is 0 Å². The zero-order chi connectivity index (χ0) is 25.8. The first kappa shape index (κ1) is 25.9. The maximum Gasteiger partial charge on any atom is 0.251 e. The molecule has 2 aliphatic heterocycles. The molecule has 0 spiro atoms. The maximum atomic E-state index is 12.7. The normalized spacial score (nSPS) is 16.9. The molecule has 0 radical (unpaired) electrons. The van der Waals surface area contributed by atoms with Gasteiger partial charge in [-0.15, -0.1) is 0 Å². The van der Waals surface area contributed by atoms with Crippen molar-refractivity contribution in [1.82, 2.24) is 29.4 Å². The van der Waals surface area contributed by atoms with E-state index in [4.69, 9.17) is 14.7 Å².